The van der Waals surface area contributed by atoms with Crippen molar-refractivity contribution in [2.75, 3.05) is 14.2 Å². The molecule has 1 atom stereocenters. The lowest BCUT2D eigenvalue weighted by Crippen LogP contribution is -2.34. The third-order valence-electron chi connectivity index (χ3n) is 3.94. The van der Waals surface area contributed by atoms with Gasteiger partial charge in [-0.2, -0.15) is 0 Å². The maximum atomic E-state index is 12.1. The Hall–Kier alpha value is -2.70. The van der Waals surface area contributed by atoms with Gasteiger partial charge in [0.2, 0.25) is 0 Å². The molecule has 0 amide bonds. The number of rotatable bonds is 3. The van der Waals surface area contributed by atoms with Gasteiger partial charge in [-0.05, 0) is 18.1 Å². The first-order valence-electron chi connectivity index (χ1n) is 6.76. The van der Waals surface area contributed by atoms with Gasteiger partial charge in [-0.15, -0.1) is 5.10 Å². The Kier molecular flexibility index (Phi) is 3.40. The molecule has 0 aliphatic carbocycles. The molecule has 3 rings (SSSR count). The number of methoxy groups -OCH3 is 2. The zero-order valence-corrected chi connectivity index (χ0v) is 12.4. The molecule has 0 bridgehead atoms. The van der Waals surface area contributed by atoms with Crippen LogP contribution in [0.1, 0.15) is 17.2 Å². The van der Waals surface area contributed by atoms with E-state index in [9.17, 15) is 9.59 Å². The highest BCUT2D eigenvalue weighted by Crippen LogP contribution is 2.44. The van der Waals surface area contributed by atoms with Crippen LogP contribution in [-0.4, -0.2) is 41.2 Å². The topological polar surface area (TPSA) is 83.3 Å². The van der Waals surface area contributed by atoms with E-state index in [1.807, 2.05) is 25.1 Å². The van der Waals surface area contributed by atoms with E-state index >= 15 is 0 Å². The Morgan fingerprint density at radius 1 is 1.23 bits per heavy atom. The normalized spacial score (nSPS) is 15.4. The number of hydrogen-bond acceptors (Lipinski definition) is 6. The summed E-state index contributed by atoms with van der Waals surface area (Å²) in [5, 5.41) is 7.93. The molecule has 0 saturated heterocycles. The number of carbonyl (C=O) groups excluding carboxylic acids is 2. The summed E-state index contributed by atoms with van der Waals surface area (Å²) in [4.78, 5) is 24.3. The van der Waals surface area contributed by atoms with E-state index in [1.165, 1.54) is 14.2 Å². The van der Waals surface area contributed by atoms with E-state index in [1.54, 1.807) is 10.9 Å². The van der Waals surface area contributed by atoms with E-state index in [2.05, 4.69) is 10.3 Å². The summed E-state index contributed by atoms with van der Waals surface area (Å²) in [6.45, 7) is 1.96. The molecule has 0 fully saturated rings. The second kappa shape index (κ2) is 5.25. The van der Waals surface area contributed by atoms with E-state index in [4.69, 9.17) is 9.47 Å². The zero-order valence-electron chi connectivity index (χ0n) is 12.4. The van der Waals surface area contributed by atoms with Gasteiger partial charge in [-0.3, -0.25) is 9.59 Å². The van der Waals surface area contributed by atoms with Crippen LogP contribution in [0.4, 0.5) is 0 Å². The predicted octanol–water partition coefficient (Wildman–Crippen LogP) is 1.12. The quantitative estimate of drug-likeness (QED) is 0.624. The van der Waals surface area contributed by atoms with Gasteiger partial charge in [0.1, 0.15) is 6.04 Å². The molecule has 1 aromatic carbocycles. The van der Waals surface area contributed by atoms with Gasteiger partial charge in [0.15, 0.2) is 5.92 Å². The third-order valence-corrected chi connectivity index (χ3v) is 3.94. The highest BCUT2D eigenvalue weighted by Gasteiger charge is 2.45. The average Bonchev–Trinajstić information content (AvgIpc) is 3.09. The summed E-state index contributed by atoms with van der Waals surface area (Å²) in [6.07, 6.45) is 1.62. The summed E-state index contributed by atoms with van der Waals surface area (Å²) in [5.74, 6) is -2.45. The Morgan fingerprint density at radius 3 is 2.55 bits per heavy atom. The van der Waals surface area contributed by atoms with Crippen LogP contribution in [0.2, 0.25) is 0 Å². The zero-order chi connectivity index (χ0) is 15.9. The minimum Gasteiger partial charge on any atom is -0.468 e. The summed E-state index contributed by atoms with van der Waals surface area (Å²) in [6, 6.07) is 5.10. The second-order valence-corrected chi connectivity index (χ2v) is 5.07. The highest BCUT2D eigenvalue weighted by molar-refractivity contribution is 5.97. The summed E-state index contributed by atoms with van der Waals surface area (Å²) < 4.78 is 11.1. The highest BCUT2D eigenvalue weighted by atomic mass is 16.5. The number of hydrogen-bond donors (Lipinski definition) is 0. The number of esters is 2. The molecule has 1 aliphatic heterocycles. The first-order valence-corrected chi connectivity index (χ1v) is 6.76. The molecule has 1 aromatic heterocycles. The van der Waals surface area contributed by atoms with Gasteiger partial charge in [0.05, 0.1) is 26.1 Å². The van der Waals surface area contributed by atoms with Gasteiger partial charge in [0, 0.05) is 5.56 Å². The minimum atomic E-state index is -1.13. The average molecular weight is 301 g/mol. The van der Waals surface area contributed by atoms with Crippen LogP contribution < -0.4 is 0 Å². The third kappa shape index (κ3) is 1.89. The van der Waals surface area contributed by atoms with E-state index in [0.717, 1.165) is 22.4 Å². The van der Waals surface area contributed by atoms with Crippen molar-refractivity contribution in [3.63, 3.8) is 0 Å². The molecule has 22 heavy (non-hydrogen) atoms. The maximum Gasteiger partial charge on any atom is 0.322 e. The van der Waals surface area contributed by atoms with Crippen molar-refractivity contribution in [2.45, 2.75) is 13.0 Å². The van der Waals surface area contributed by atoms with Gasteiger partial charge in [-0.1, -0.05) is 23.4 Å². The van der Waals surface area contributed by atoms with Gasteiger partial charge in [-0.25, -0.2) is 4.68 Å². The fourth-order valence-corrected chi connectivity index (χ4v) is 2.98. The van der Waals surface area contributed by atoms with Crippen LogP contribution in [0, 0.1) is 12.8 Å². The molecular formula is C15H15N3O4. The van der Waals surface area contributed by atoms with Crippen LogP contribution in [-0.2, 0) is 19.1 Å². The number of nitrogens with zero attached hydrogens (tertiary/aromatic N) is 3. The molecule has 2 heterocycles. The lowest BCUT2D eigenvalue weighted by Gasteiger charge is -2.20. The monoisotopic (exact) mass is 301 g/mol. The molecule has 2 aromatic rings. The van der Waals surface area contributed by atoms with Crippen molar-refractivity contribution >= 4 is 11.9 Å². The molecular weight excluding hydrogens is 286 g/mol. The van der Waals surface area contributed by atoms with Crippen LogP contribution in [0.15, 0.2) is 24.4 Å². The number of benzene rings is 1. The second-order valence-electron chi connectivity index (χ2n) is 5.07. The first-order chi connectivity index (χ1) is 10.6. The number of aryl methyl sites for hydroxylation is 1. The van der Waals surface area contributed by atoms with Crippen LogP contribution in [0.3, 0.4) is 0 Å². The Bertz CT molecular complexity index is 737. The largest absolute Gasteiger partial charge is 0.468 e. The molecule has 114 valence electrons. The number of aromatic nitrogens is 3. The predicted molar refractivity (Wildman–Crippen MR) is 75.9 cm³/mol. The number of fused-ring (bicyclic) bond motifs is 3. The summed E-state index contributed by atoms with van der Waals surface area (Å²) in [7, 11) is 2.49. The van der Waals surface area contributed by atoms with Crippen molar-refractivity contribution in [3.05, 3.63) is 35.5 Å². The lowest BCUT2D eigenvalue weighted by atomic mass is 9.91. The molecule has 0 radical (unpaired) electrons. The fourth-order valence-electron chi connectivity index (χ4n) is 2.98. The number of carbonyl (C=O) groups is 2. The fraction of sp³-hybridized carbons (Fsp3) is 0.333. The summed E-state index contributed by atoms with van der Waals surface area (Å²) >= 11 is 0. The Labute approximate surface area is 126 Å². The molecule has 7 heteroatoms. The van der Waals surface area contributed by atoms with Gasteiger partial charge in [0.25, 0.3) is 0 Å². The van der Waals surface area contributed by atoms with Crippen LogP contribution in [0.5, 0.6) is 0 Å². The van der Waals surface area contributed by atoms with Crippen molar-refractivity contribution < 1.29 is 19.1 Å². The molecule has 1 unspecified atom stereocenters. The molecule has 0 saturated carbocycles. The summed E-state index contributed by atoms with van der Waals surface area (Å²) in [5.41, 5.74) is 3.58. The first kappa shape index (κ1) is 14.2. The van der Waals surface area contributed by atoms with Crippen LogP contribution in [0.25, 0.3) is 11.3 Å². The minimum absolute atomic E-state index is 0.618. The van der Waals surface area contributed by atoms with Crippen molar-refractivity contribution in [2.24, 2.45) is 5.92 Å². The van der Waals surface area contributed by atoms with Crippen LogP contribution >= 0.6 is 0 Å². The Balaban J connectivity index is 2.21. The van der Waals surface area contributed by atoms with E-state index in [0.29, 0.717) is 0 Å². The van der Waals surface area contributed by atoms with Gasteiger partial charge >= 0.3 is 11.9 Å². The number of ether oxygens (including phenoxy) is 2. The molecule has 0 spiro atoms. The SMILES string of the molecule is COC(=O)C(C(=O)OC)C1c2cccc(C)c2-c2cnnn21. The van der Waals surface area contributed by atoms with E-state index < -0.39 is 23.9 Å². The molecule has 0 N–H and O–H groups in total. The maximum absolute atomic E-state index is 12.1. The standard InChI is InChI=1S/C15H15N3O4/c1-8-5-4-6-9-11(8)10-7-16-17-18(10)13(9)12(14(19)21-2)15(20)22-3/h4-7,12-13H,1-3H3. The lowest BCUT2D eigenvalue weighted by molar-refractivity contribution is -0.160. The Morgan fingerprint density at radius 2 is 1.91 bits per heavy atom. The van der Waals surface area contributed by atoms with Gasteiger partial charge < -0.3 is 9.47 Å². The van der Waals surface area contributed by atoms with E-state index in [-0.39, 0.29) is 0 Å². The smallest absolute Gasteiger partial charge is 0.322 e. The van der Waals surface area contributed by atoms with Crippen molar-refractivity contribution in [1.29, 1.82) is 0 Å². The van der Waals surface area contributed by atoms with Crippen molar-refractivity contribution in [1.82, 2.24) is 15.0 Å². The molecule has 7 nitrogen and oxygen atoms in total. The van der Waals surface area contributed by atoms with Crippen molar-refractivity contribution in [3.8, 4) is 11.3 Å². The molecule has 1 aliphatic rings.